The molecule has 0 bridgehead atoms. The topological polar surface area (TPSA) is 101 Å². The average Bonchev–Trinajstić information content (AvgIpc) is 3.45. The number of hydrogen-bond acceptors (Lipinski definition) is 5. The zero-order chi connectivity index (χ0) is 30.6. The Bertz CT molecular complexity index is 1280. The van der Waals surface area contributed by atoms with Gasteiger partial charge in [0.25, 0.3) is 0 Å². The van der Waals surface area contributed by atoms with Crippen molar-refractivity contribution in [3.8, 4) is 0 Å². The summed E-state index contributed by atoms with van der Waals surface area (Å²) in [5.41, 5.74) is 1.10. The highest BCUT2D eigenvalue weighted by molar-refractivity contribution is 5.99. The molecule has 2 N–H and O–H groups in total. The predicted octanol–water partition coefficient (Wildman–Crippen LogP) is 7.08. The Morgan fingerprint density at radius 2 is 1.74 bits per heavy atom. The van der Waals surface area contributed by atoms with Crippen molar-refractivity contribution >= 4 is 34.5 Å². The van der Waals surface area contributed by atoms with E-state index in [0.29, 0.717) is 18.4 Å². The minimum Gasteiger partial charge on any atom is -0.444 e. The standard InChI is InChI=1S/C35H50N4O4/c1-5-29(38-34(42)43-35(2,3)4)24-13-15-25(16-14-24)33(41)39-21-19-28(23-10-7-6-8-11-23)31(39)32(40)37-27-17-18-30-26(22-27)12-9-20-36-30/h9,12,17-18,20,22-25,28-29,31H,5-8,10-11,13-16,19,21H2,1-4H3,(H,37,40)(H,38,42)/t24-,25-,28-,29?,31-/m0/s1. The highest BCUT2D eigenvalue weighted by atomic mass is 16.6. The van der Waals surface area contributed by atoms with E-state index in [9.17, 15) is 14.4 Å². The second kappa shape index (κ2) is 13.6. The number of fused-ring (bicyclic) bond motifs is 1. The van der Waals surface area contributed by atoms with Crippen LogP contribution in [0.25, 0.3) is 10.9 Å². The summed E-state index contributed by atoms with van der Waals surface area (Å²) in [6, 6.07) is 9.29. The molecule has 1 aliphatic heterocycles. The van der Waals surface area contributed by atoms with E-state index in [4.69, 9.17) is 4.74 Å². The van der Waals surface area contributed by atoms with Gasteiger partial charge in [-0.05, 0) is 101 Å². The summed E-state index contributed by atoms with van der Waals surface area (Å²) in [6.07, 6.45) is 12.4. The van der Waals surface area contributed by atoms with Gasteiger partial charge in [-0.15, -0.1) is 0 Å². The number of benzene rings is 1. The Kier molecular flexibility index (Phi) is 9.92. The molecule has 8 heteroatoms. The Labute approximate surface area is 256 Å². The molecule has 1 aromatic heterocycles. The van der Waals surface area contributed by atoms with Crippen LogP contribution in [0.1, 0.15) is 98.3 Å². The molecule has 2 aliphatic carbocycles. The highest BCUT2D eigenvalue weighted by Gasteiger charge is 2.47. The number of ether oxygens (including phenoxy) is 1. The number of pyridine rings is 1. The number of nitrogens with zero attached hydrogens (tertiary/aromatic N) is 2. The number of carbonyl (C=O) groups is 3. The second-order valence-electron chi connectivity index (χ2n) is 14.0. The molecule has 3 amide bonds. The van der Waals surface area contributed by atoms with Crippen LogP contribution in [-0.2, 0) is 14.3 Å². The third-order valence-corrected chi connectivity index (χ3v) is 9.95. The fourth-order valence-corrected chi connectivity index (χ4v) is 7.84. The number of nitrogens with one attached hydrogen (secondary N) is 2. The van der Waals surface area contributed by atoms with Crippen LogP contribution in [-0.4, -0.2) is 52.0 Å². The van der Waals surface area contributed by atoms with Crippen LogP contribution in [0.15, 0.2) is 36.5 Å². The predicted molar refractivity (Wildman–Crippen MR) is 169 cm³/mol. The summed E-state index contributed by atoms with van der Waals surface area (Å²) in [5, 5.41) is 7.24. The number of carbonyl (C=O) groups excluding carboxylic acids is 3. The van der Waals surface area contributed by atoms with Gasteiger partial charge in [-0.1, -0.05) is 45.1 Å². The summed E-state index contributed by atoms with van der Waals surface area (Å²) in [7, 11) is 0. The first kappa shape index (κ1) is 31.3. The van der Waals surface area contributed by atoms with E-state index in [1.807, 2.05) is 56.0 Å². The lowest BCUT2D eigenvalue weighted by molar-refractivity contribution is -0.142. The number of alkyl carbamates (subject to hydrolysis) is 1. The van der Waals surface area contributed by atoms with Crippen molar-refractivity contribution in [3.63, 3.8) is 0 Å². The van der Waals surface area contributed by atoms with E-state index < -0.39 is 11.6 Å². The molecule has 2 aromatic rings. The quantitative estimate of drug-likeness (QED) is 0.359. The van der Waals surface area contributed by atoms with Crippen molar-refractivity contribution in [2.24, 2.45) is 23.7 Å². The van der Waals surface area contributed by atoms with E-state index >= 15 is 0 Å². The molecule has 8 nitrogen and oxygen atoms in total. The van der Waals surface area contributed by atoms with Crippen molar-refractivity contribution in [1.82, 2.24) is 15.2 Å². The van der Waals surface area contributed by atoms with Crippen LogP contribution in [0.3, 0.4) is 0 Å². The number of rotatable bonds is 7. The average molecular weight is 591 g/mol. The molecule has 3 aliphatic rings. The molecule has 1 aromatic carbocycles. The molecule has 5 rings (SSSR count). The molecule has 1 unspecified atom stereocenters. The summed E-state index contributed by atoms with van der Waals surface area (Å²) in [4.78, 5) is 46.9. The maximum atomic E-state index is 14.1. The zero-order valence-electron chi connectivity index (χ0n) is 26.4. The molecular formula is C35H50N4O4. The lowest BCUT2D eigenvalue weighted by Gasteiger charge is -2.37. The van der Waals surface area contributed by atoms with Gasteiger partial charge in [0.2, 0.25) is 11.8 Å². The van der Waals surface area contributed by atoms with Crippen molar-refractivity contribution in [3.05, 3.63) is 36.5 Å². The third-order valence-electron chi connectivity index (χ3n) is 9.95. The van der Waals surface area contributed by atoms with E-state index in [1.54, 1.807) is 6.20 Å². The maximum Gasteiger partial charge on any atom is 0.407 e. The minimum atomic E-state index is -0.536. The molecule has 0 spiro atoms. The molecule has 0 radical (unpaired) electrons. The third kappa shape index (κ3) is 7.68. The van der Waals surface area contributed by atoms with Gasteiger partial charge in [0.15, 0.2) is 0 Å². The van der Waals surface area contributed by atoms with Crippen molar-refractivity contribution < 1.29 is 19.1 Å². The van der Waals surface area contributed by atoms with Crippen molar-refractivity contribution in [1.29, 1.82) is 0 Å². The van der Waals surface area contributed by atoms with E-state index in [2.05, 4.69) is 22.5 Å². The Morgan fingerprint density at radius 3 is 2.44 bits per heavy atom. The summed E-state index contributed by atoms with van der Waals surface area (Å²) in [6.45, 7) is 8.35. The van der Waals surface area contributed by atoms with Gasteiger partial charge in [-0.3, -0.25) is 14.6 Å². The Morgan fingerprint density at radius 1 is 1.00 bits per heavy atom. The Balaban J connectivity index is 1.26. The van der Waals surface area contributed by atoms with Crippen molar-refractivity contribution in [2.45, 2.75) is 116 Å². The fraction of sp³-hybridized carbons (Fsp3) is 0.657. The van der Waals surface area contributed by atoms with Crippen LogP contribution < -0.4 is 10.6 Å². The molecule has 1 saturated heterocycles. The van der Waals surface area contributed by atoms with Gasteiger partial charge in [-0.25, -0.2) is 4.79 Å². The number of aromatic nitrogens is 1. The second-order valence-corrected chi connectivity index (χ2v) is 14.0. The molecule has 3 fully saturated rings. The lowest BCUT2D eigenvalue weighted by Crippen LogP contribution is -2.50. The maximum absolute atomic E-state index is 14.1. The zero-order valence-corrected chi connectivity index (χ0v) is 26.4. The summed E-state index contributed by atoms with van der Waals surface area (Å²) in [5.74, 6) is 0.992. The summed E-state index contributed by atoms with van der Waals surface area (Å²) < 4.78 is 5.49. The van der Waals surface area contributed by atoms with Crippen LogP contribution in [0.2, 0.25) is 0 Å². The van der Waals surface area contributed by atoms with Gasteiger partial charge in [0.1, 0.15) is 11.6 Å². The van der Waals surface area contributed by atoms with E-state index in [0.717, 1.165) is 68.0 Å². The smallest absolute Gasteiger partial charge is 0.407 e. The van der Waals surface area contributed by atoms with E-state index in [1.165, 1.54) is 19.3 Å². The molecule has 2 saturated carbocycles. The van der Waals surface area contributed by atoms with Crippen molar-refractivity contribution in [2.75, 3.05) is 11.9 Å². The molecular weight excluding hydrogens is 540 g/mol. The lowest BCUT2D eigenvalue weighted by atomic mass is 9.75. The van der Waals surface area contributed by atoms with Gasteiger partial charge in [0.05, 0.1) is 5.52 Å². The monoisotopic (exact) mass is 590 g/mol. The molecule has 43 heavy (non-hydrogen) atoms. The minimum absolute atomic E-state index is 0.0315. The highest BCUT2D eigenvalue weighted by Crippen LogP contribution is 2.41. The fourth-order valence-electron chi connectivity index (χ4n) is 7.84. The van der Waals surface area contributed by atoms with Gasteiger partial charge < -0.3 is 20.3 Å². The SMILES string of the molecule is CCC(NC(=O)OC(C)(C)C)[C@H]1CC[C@H](C(=O)N2CC[C@@H](C3CCCCC3)[C@H]2C(=O)Nc2ccc3ncccc3c2)CC1. The Hall–Kier alpha value is -3.16. The first-order valence-electron chi connectivity index (χ1n) is 16.6. The van der Waals surface area contributed by atoms with Crippen LogP contribution in [0.5, 0.6) is 0 Å². The number of amides is 3. The van der Waals surface area contributed by atoms with Gasteiger partial charge in [-0.2, -0.15) is 0 Å². The van der Waals surface area contributed by atoms with Crippen LogP contribution in [0, 0.1) is 23.7 Å². The van der Waals surface area contributed by atoms with Gasteiger partial charge >= 0.3 is 6.09 Å². The van der Waals surface area contributed by atoms with Gasteiger partial charge in [0, 0.05) is 35.8 Å². The largest absolute Gasteiger partial charge is 0.444 e. The van der Waals surface area contributed by atoms with Crippen LogP contribution in [0.4, 0.5) is 10.5 Å². The normalized spacial score (nSPS) is 25.7. The summed E-state index contributed by atoms with van der Waals surface area (Å²) >= 11 is 0. The van der Waals surface area contributed by atoms with E-state index in [-0.39, 0.29) is 35.8 Å². The number of anilines is 1. The molecule has 2 heterocycles. The number of likely N-dealkylation sites (tertiary alicyclic amines) is 1. The molecule has 3 atom stereocenters. The number of hydrogen-bond donors (Lipinski definition) is 2. The first-order chi connectivity index (χ1) is 20.6. The molecule has 234 valence electrons. The van der Waals surface area contributed by atoms with Crippen LogP contribution >= 0.6 is 0 Å². The first-order valence-corrected chi connectivity index (χ1v) is 16.6.